The molecule has 152 valence electrons. The van der Waals surface area contributed by atoms with Gasteiger partial charge in [-0.2, -0.15) is 0 Å². The van der Waals surface area contributed by atoms with Crippen molar-refractivity contribution >= 4 is 33.7 Å². The highest BCUT2D eigenvalue weighted by Gasteiger charge is 2.20. The average molecular weight is 400 g/mol. The Labute approximate surface area is 174 Å². The number of hydrogen-bond donors (Lipinski definition) is 2. The van der Waals surface area contributed by atoms with Crippen molar-refractivity contribution in [3.8, 4) is 0 Å². The van der Waals surface area contributed by atoms with Gasteiger partial charge in [-0.3, -0.25) is 9.69 Å². The zero-order valence-corrected chi connectivity index (χ0v) is 16.7. The molecule has 1 aliphatic rings. The zero-order valence-electron chi connectivity index (χ0n) is 16.7. The van der Waals surface area contributed by atoms with E-state index in [2.05, 4.69) is 39.1 Å². The number of anilines is 1. The van der Waals surface area contributed by atoms with E-state index in [0.717, 1.165) is 41.6 Å². The molecular formula is C23H24N6O. The maximum absolute atomic E-state index is 12.2. The number of primary amides is 1. The Morgan fingerprint density at radius 3 is 2.47 bits per heavy atom. The Balaban J connectivity index is 1.61. The number of nitrogens with zero attached hydrogens (tertiary/aromatic N) is 4. The van der Waals surface area contributed by atoms with Crippen LogP contribution in [-0.2, 0) is 13.1 Å². The second kappa shape index (κ2) is 7.42. The van der Waals surface area contributed by atoms with E-state index in [4.69, 9.17) is 11.5 Å². The summed E-state index contributed by atoms with van der Waals surface area (Å²) in [4.78, 5) is 23.6. The Kier molecular flexibility index (Phi) is 4.59. The van der Waals surface area contributed by atoms with Crippen LogP contribution in [0.2, 0.25) is 0 Å². The molecule has 7 nitrogen and oxygen atoms in total. The van der Waals surface area contributed by atoms with Gasteiger partial charge >= 0.3 is 0 Å². The van der Waals surface area contributed by atoms with E-state index in [1.54, 1.807) is 0 Å². The summed E-state index contributed by atoms with van der Waals surface area (Å²) in [5.74, 6) is -0.0876. The molecule has 0 atom stereocenters. The number of nitrogens with two attached hydrogens (primary N) is 2. The number of amides is 1. The Morgan fingerprint density at radius 1 is 0.967 bits per heavy atom. The molecule has 1 fully saturated rings. The lowest BCUT2D eigenvalue weighted by Crippen LogP contribution is -2.19. The predicted molar refractivity (Wildman–Crippen MR) is 118 cm³/mol. The van der Waals surface area contributed by atoms with Crippen molar-refractivity contribution in [3.63, 3.8) is 0 Å². The minimum atomic E-state index is -0.581. The van der Waals surface area contributed by atoms with Crippen molar-refractivity contribution in [1.82, 2.24) is 19.4 Å². The van der Waals surface area contributed by atoms with Crippen molar-refractivity contribution in [2.75, 3.05) is 18.8 Å². The fraction of sp³-hybridized carbons (Fsp3) is 0.261. The predicted octanol–water partition coefficient (Wildman–Crippen LogP) is 2.91. The topological polar surface area (TPSA) is 103 Å². The van der Waals surface area contributed by atoms with Gasteiger partial charge in [-0.05, 0) is 43.1 Å². The van der Waals surface area contributed by atoms with Gasteiger partial charge < -0.3 is 16.0 Å². The van der Waals surface area contributed by atoms with Crippen LogP contribution < -0.4 is 11.5 Å². The number of hydrogen-bond acceptors (Lipinski definition) is 5. The second-order valence-electron chi connectivity index (χ2n) is 7.90. The highest BCUT2D eigenvalue weighted by atomic mass is 16.1. The molecule has 0 spiro atoms. The van der Waals surface area contributed by atoms with E-state index < -0.39 is 5.91 Å². The van der Waals surface area contributed by atoms with Crippen LogP contribution in [0.15, 0.2) is 48.5 Å². The molecule has 1 saturated heterocycles. The molecule has 0 saturated carbocycles. The number of rotatable bonds is 5. The van der Waals surface area contributed by atoms with Crippen molar-refractivity contribution in [2.45, 2.75) is 25.9 Å². The lowest BCUT2D eigenvalue weighted by Gasteiger charge is -2.16. The van der Waals surface area contributed by atoms with Crippen LogP contribution in [0, 0.1) is 0 Å². The summed E-state index contributed by atoms with van der Waals surface area (Å²) < 4.78 is 1.87. The number of carbonyl (C=O) groups excluding carboxylic acids is 1. The number of benzene rings is 2. The quantitative estimate of drug-likeness (QED) is 0.536. The van der Waals surface area contributed by atoms with Crippen LogP contribution in [0.25, 0.3) is 21.9 Å². The van der Waals surface area contributed by atoms with Crippen LogP contribution in [-0.4, -0.2) is 38.4 Å². The molecule has 0 aliphatic carbocycles. The van der Waals surface area contributed by atoms with Crippen LogP contribution in [0.5, 0.6) is 0 Å². The Morgan fingerprint density at radius 2 is 1.70 bits per heavy atom. The number of para-hydroxylation sites is 1. The number of fused-ring (bicyclic) bond motifs is 3. The molecule has 7 heteroatoms. The van der Waals surface area contributed by atoms with Crippen molar-refractivity contribution in [3.05, 3.63) is 65.5 Å². The number of pyridine rings is 1. The Hall–Kier alpha value is -3.45. The molecule has 3 heterocycles. The smallest absolute Gasteiger partial charge is 0.284 e. The first kappa shape index (κ1) is 18.6. The van der Waals surface area contributed by atoms with E-state index in [0.29, 0.717) is 17.9 Å². The van der Waals surface area contributed by atoms with Gasteiger partial charge in [-0.1, -0.05) is 42.5 Å². The van der Waals surface area contributed by atoms with E-state index in [1.165, 1.54) is 18.4 Å². The summed E-state index contributed by atoms with van der Waals surface area (Å²) in [5, 5.41) is 0.898. The van der Waals surface area contributed by atoms with Crippen LogP contribution >= 0.6 is 0 Å². The summed E-state index contributed by atoms with van der Waals surface area (Å²) in [6, 6.07) is 16.2. The highest BCUT2D eigenvalue weighted by molar-refractivity contribution is 6.08. The second-order valence-corrected chi connectivity index (χ2v) is 7.90. The molecule has 4 aromatic rings. The summed E-state index contributed by atoms with van der Waals surface area (Å²) in [7, 11) is 0. The van der Waals surface area contributed by atoms with Crippen molar-refractivity contribution in [2.24, 2.45) is 5.73 Å². The molecular weight excluding hydrogens is 376 g/mol. The number of likely N-dealkylation sites (tertiary alicyclic amines) is 1. The number of carbonyl (C=O) groups is 1. The van der Waals surface area contributed by atoms with E-state index >= 15 is 0 Å². The molecule has 2 aromatic carbocycles. The van der Waals surface area contributed by atoms with Gasteiger partial charge in [0.1, 0.15) is 5.52 Å². The first-order valence-electron chi connectivity index (χ1n) is 10.2. The third-order valence-corrected chi connectivity index (χ3v) is 5.77. The average Bonchev–Trinajstić information content (AvgIpc) is 3.37. The van der Waals surface area contributed by atoms with Gasteiger partial charge in [0.05, 0.1) is 11.0 Å². The van der Waals surface area contributed by atoms with Gasteiger partial charge in [0, 0.05) is 18.5 Å². The van der Waals surface area contributed by atoms with Crippen molar-refractivity contribution < 1.29 is 4.79 Å². The molecule has 1 aliphatic heterocycles. The third kappa shape index (κ3) is 3.27. The van der Waals surface area contributed by atoms with Crippen LogP contribution in [0.1, 0.15) is 34.6 Å². The normalized spacial score (nSPS) is 14.7. The summed E-state index contributed by atoms with van der Waals surface area (Å²) in [5.41, 5.74) is 16.3. The molecule has 0 unspecified atom stereocenters. The minimum absolute atomic E-state index is 0.194. The fourth-order valence-corrected chi connectivity index (χ4v) is 4.41. The summed E-state index contributed by atoms with van der Waals surface area (Å²) in [6.45, 7) is 3.73. The van der Waals surface area contributed by atoms with Crippen molar-refractivity contribution in [1.29, 1.82) is 0 Å². The Bertz CT molecular complexity index is 1260. The zero-order chi connectivity index (χ0) is 20.7. The SMILES string of the molecule is NC(=O)c1nc2c(N)nc3ccccc3c2n1Cc1cccc(CN2CCCC2)c1. The largest absolute Gasteiger partial charge is 0.382 e. The van der Waals surface area contributed by atoms with Crippen LogP contribution in [0.3, 0.4) is 0 Å². The number of aromatic nitrogens is 3. The van der Waals surface area contributed by atoms with Gasteiger partial charge in [0.2, 0.25) is 0 Å². The maximum atomic E-state index is 12.2. The van der Waals surface area contributed by atoms with E-state index in [-0.39, 0.29) is 5.82 Å². The lowest BCUT2D eigenvalue weighted by atomic mass is 10.1. The van der Waals surface area contributed by atoms with Gasteiger partial charge in [0.15, 0.2) is 11.6 Å². The molecule has 4 N–H and O–H groups in total. The maximum Gasteiger partial charge on any atom is 0.284 e. The van der Waals surface area contributed by atoms with Gasteiger partial charge in [-0.25, -0.2) is 9.97 Å². The molecule has 1 amide bonds. The van der Waals surface area contributed by atoms with E-state index in [9.17, 15) is 4.79 Å². The summed E-state index contributed by atoms with van der Waals surface area (Å²) in [6.07, 6.45) is 2.54. The number of nitrogen functional groups attached to an aromatic ring is 1. The fourth-order valence-electron chi connectivity index (χ4n) is 4.41. The third-order valence-electron chi connectivity index (χ3n) is 5.77. The first-order chi connectivity index (χ1) is 14.6. The highest BCUT2D eigenvalue weighted by Crippen LogP contribution is 2.29. The molecule has 30 heavy (non-hydrogen) atoms. The molecule has 5 rings (SSSR count). The monoisotopic (exact) mass is 400 g/mol. The standard InChI is InChI=1S/C23H24N6O/c24-21-19-20(17-8-1-2-9-18(17)26-21)29(23(27-19)22(25)30)14-16-7-5-6-15(12-16)13-28-10-3-4-11-28/h1-2,5-9,12H,3-4,10-11,13-14H2,(H2,24,26)(H2,25,30). The van der Waals surface area contributed by atoms with E-state index in [1.807, 2.05) is 28.8 Å². The lowest BCUT2D eigenvalue weighted by molar-refractivity contribution is 0.0987. The first-order valence-corrected chi connectivity index (χ1v) is 10.2. The number of imidazole rings is 1. The minimum Gasteiger partial charge on any atom is -0.382 e. The van der Waals surface area contributed by atoms with Crippen LogP contribution in [0.4, 0.5) is 5.82 Å². The van der Waals surface area contributed by atoms with Gasteiger partial charge in [-0.15, -0.1) is 0 Å². The molecule has 2 aromatic heterocycles. The van der Waals surface area contributed by atoms with Gasteiger partial charge in [0.25, 0.3) is 5.91 Å². The summed E-state index contributed by atoms with van der Waals surface area (Å²) >= 11 is 0. The molecule has 0 radical (unpaired) electrons. The molecule has 0 bridgehead atoms.